The average molecular weight is 281 g/mol. The SMILES string of the molecule is Cc1cccc(O[C@H]2CCN(C)C[C@@H]2c2ccccc2)c1. The topological polar surface area (TPSA) is 12.5 Å². The van der Waals surface area contributed by atoms with E-state index in [-0.39, 0.29) is 6.10 Å². The minimum absolute atomic E-state index is 0.255. The second-order valence-electron chi connectivity index (χ2n) is 6.04. The van der Waals surface area contributed by atoms with Gasteiger partial charge in [-0.2, -0.15) is 0 Å². The van der Waals surface area contributed by atoms with Crippen molar-refractivity contribution in [2.24, 2.45) is 0 Å². The minimum atomic E-state index is 0.255. The first-order chi connectivity index (χ1) is 10.2. The lowest BCUT2D eigenvalue weighted by Crippen LogP contribution is -2.42. The third-order valence-corrected chi connectivity index (χ3v) is 4.26. The van der Waals surface area contributed by atoms with Gasteiger partial charge in [0.05, 0.1) is 0 Å². The number of aryl methyl sites for hydroxylation is 1. The molecular formula is C19H23NO. The lowest BCUT2D eigenvalue weighted by atomic mass is 9.88. The van der Waals surface area contributed by atoms with Gasteiger partial charge in [-0.1, -0.05) is 42.5 Å². The Labute approximate surface area is 127 Å². The van der Waals surface area contributed by atoms with E-state index in [9.17, 15) is 0 Å². The summed E-state index contributed by atoms with van der Waals surface area (Å²) in [6.07, 6.45) is 1.33. The zero-order valence-corrected chi connectivity index (χ0v) is 12.8. The molecule has 0 amide bonds. The first-order valence-corrected chi connectivity index (χ1v) is 7.69. The maximum absolute atomic E-state index is 6.32. The number of rotatable bonds is 3. The molecule has 1 aliphatic heterocycles. The van der Waals surface area contributed by atoms with E-state index < -0.39 is 0 Å². The molecule has 3 rings (SSSR count). The highest BCUT2D eigenvalue weighted by molar-refractivity contribution is 5.29. The average Bonchev–Trinajstić information content (AvgIpc) is 2.50. The van der Waals surface area contributed by atoms with Gasteiger partial charge in [0, 0.05) is 19.0 Å². The van der Waals surface area contributed by atoms with E-state index in [1.165, 1.54) is 11.1 Å². The predicted octanol–water partition coefficient (Wildman–Crippen LogP) is 3.86. The second kappa shape index (κ2) is 6.31. The van der Waals surface area contributed by atoms with E-state index in [1.807, 2.05) is 0 Å². The van der Waals surface area contributed by atoms with Crippen molar-refractivity contribution in [3.63, 3.8) is 0 Å². The van der Waals surface area contributed by atoms with E-state index >= 15 is 0 Å². The van der Waals surface area contributed by atoms with Gasteiger partial charge in [-0.15, -0.1) is 0 Å². The zero-order chi connectivity index (χ0) is 14.7. The van der Waals surface area contributed by atoms with Crippen molar-refractivity contribution in [1.29, 1.82) is 0 Å². The van der Waals surface area contributed by atoms with Crippen LogP contribution in [0.15, 0.2) is 54.6 Å². The number of likely N-dealkylation sites (N-methyl/N-ethyl adjacent to an activating group) is 1. The standard InChI is InChI=1S/C19H23NO/c1-15-7-6-10-17(13-15)21-19-11-12-20(2)14-18(19)16-8-4-3-5-9-16/h3-10,13,18-19H,11-12,14H2,1-2H3/t18-,19+/m1/s1. The molecule has 0 radical (unpaired) electrons. The smallest absolute Gasteiger partial charge is 0.120 e. The molecule has 110 valence electrons. The lowest BCUT2D eigenvalue weighted by molar-refractivity contribution is 0.0902. The summed E-state index contributed by atoms with van der Waals surface area (Å²) in [5.41, 5.74) is 2.62. The highest BCUT2D eigenvalue weighted by Crippen LogP contribution is 2.30. The van der Waals surface area contributed by atoms with Crippen molar-refractivity contribution in [3.05, 3.63) is 65.7 Å². The van der Waals surface area contributed by atoms with Gasteiger partial charge in [0.2, 0.25) is 0 Å². The third kappa shape index (κ3) is 3.45. The van der Waals surface area contributed by atoms with Gasteiger partial charge in [-0.25, -0.2) is 0 Å². The molecular weight excluding hydrogens is 258 g/mol. The first kappa shape index (κ1) is 14.2. The Balaban J connectivity index is 1.81. The van der Waals surface area contributed by atoms with Crippen LogP contribution in [0.2, 0.25) is 0 Å². The summed E-state index contributed by atoms with van der Waals surface area (Å²) in [6.45, 7) is 4.26. The predicted molar refractivity (Wildman–Crippen MR) is 86.9 cm³/mol. The number of likely N-dealkylation sites (tertiary alicyclic amines) is 1. The van der Waals surface area contributed by atoms with E-state index in [2.05, 4.69) is 73.5 Å². The van der Waals surface area contributed by atoms with Gasteiger partial charge in [0.15, 0.2) is 0 Å². The number of benzene rings is 2. The number of piperidine rings is 1. The summed E-state index contributed by atoms with van der Waals surface area (Å²) in [7, 11) is 2.19. The Hall–Kier alpha value is -1.80. The highest BCUT2D eigenvalue weighted by Gasteiger charge is 2.30. The van der Waals surface area contributed by atoms with Crippen LogP contribution in [-0.2, 0) is 0 Å². The fourth-order valence-electron chi connectivity index (χ4n) is 3.12. The quantitative estimate of drug-likeness (QED) is 0.847. The van der Waals surface area contributed by atoms with Gasteiger partial charge in [0.25, 0.3) is 0 Å². The molecule has 0 N–H and O–H groups in total. The van der Waals surface area contributed by atoms with Crippen LogP contribution in [-0.4, -0.2) is 31.1 Å². The molecule has 0 unspecified atom stereocenters. The molecule has 2 aromatic carbocycles. The van der Waals surface area contributed by atoms with Gasteiger partial charge in [-0.05, 0) is 43.7 Å². The molecule has 0 spiro atoms. The highest BCUT2D eigenvalue weighted by atomic mass is 16.5. The summed E-state index contributed by atoms with van der Waals surface area (Å²) < 4.78 is 6.32. The minimum Gasteiger partial charge on any atom is -0.490 e. The van der Waals surface area contributed by atoms with Crippen molar-refractivity contribution in [2.75, 3.05) is 20.1 Å². The molecule has 2 heteroatoms. The van der Waals surface area contributed by atoms with E-state index in [0.29, 0.717) is 5.92 Å². The Bertz CT molecular complexity index is 581. The van der Waals surface area contributed by atoms with Gasteiger partial charge >= 0.3 is 0 Å². The molecule has 21 heavy (non-hydrogen) atoms. The van der Waals surface area contributed by atoms with E-state index in [1.54, 1.807) is 0 Å². The Kier molecular flexibility index (Phi) is 4.26. The van der Waals surface area contributed by atoms with Crippen molar-refractivity contribution in [3.8, 4) is 5.75 Å². The molecule has 0 aliphatic carbocycles. The van der Waals surface area contributed by atoms with E-state index in [0.717, 1.165) is 25.3 Å². The number of hydrogen-bond donors (Lipinski definition) is 0. The van der Waals surface area contributed by atoms with Crippen LogP contribution in [0.1, 0.15) is 23.5 Å². The molecule has 2 aromatic rings. The second-order valence-corrected chi connectivity index (χ2v) is 6.04. The van der Waals surface area contributed by atoms with Crippen LogP contribution in [0.3, 0.4) is 0 Å². The molecule has 2 atom stereocenters. The van der Waals surface area contributed by atoms with Gasteiger partial charge in [0.1, 0.15) is 11.9 Å². The molecule has 0 aromatic heterocycles. The normalized spacial score (nSPS) is 23.0. The van der Waals surface area contributed by atoms with Crippen LogP contribution in [0, 0.1) is 6.92 Å². The maximum atomic E-state index is 6.32. The zero-order valence-electron chi connectivity index (χ0n) is 12.8. The van der Waals surface area contributed by atoms with Crippen molar-refractivity contribution in [2.45, 2.75) is 25.4 Å². The number of nitrogens with zero attached hydrogens (tertiary/aromatic N) is 1. The fraction of sp³-hybridized carbons (Fsp3) is 0.368. The molecule has 1 aliphatic rings. The summed E-state index contributed by atoms with van der Waals surface area (Å²) >= 11 is 0. The van der Waals surface area contributed by atoms with Crippen LogP contribution >= 0.6 is 0 Å². The fourth-order valence-corrected chi connectivity index (χ4v) is 3.12. The van der Waals surface area contributed by atoms with Crippen LogP contribution < -0.4 is 4.74 Å². The third-order valence-electron chi connectivity index (χ3n) is 4.26. The Morgan fingerprint density at radius 2 is 1.86 bits per heavy atom. The summed E-state index contributed by atoms with van der Waals surface area (Å²) in [5.74, 6) is 1.43. The molecule has 0 saturated carbocycles. The van der Waals surface area contributed by atoms with Gasteiger partial charge < -0.3 is 9.64 Å². The molecule has 1 heterocycles. The lowest BCUT2D eigenvalue weighted by Gasteiger charge is -2.37. The van der Waals surface area contributed by atoms with Crippen molar-refractivity contribution in [1.82, 2.24) is 4.90 Å². The maximum Gasteiger partial charge on any atom is 0.120 e. The molecule has 0 bridgehead atoms. The molecule has 1 fully saturated rings. The first-order valence-electron chi connectivity index (χ1n) is 7.69. The summed E-state index contributed by atoms with van der Waals surface area (Å²) in [6, 6.07) is 19.1. The Morgan fingerprint density at radius 1 is 1.05 bits per heavy atom. The van der Waals surface area contributed by atoms with Crippen LogP contribution in [0.5, 0.6) is 5.75 Å². The summed E-state index contributed by atoms with van der Waals surface area (Å²) in [5, 5.41) is 0. The monoisotopic (exact) mass is 281 g/mol. The van der Waals surface area contributed by atoms with E-state index in [4.69, 9.17) is 4.74 Å². The number of hydrogen-bond acceptors (Lipinski definition) is 2. The van der Waals surface area contributed by atoms with Crippen LogP contribution in [0.25, 0.3) is 0 Å². The number of ether oxygens (including phenoxy) is 1. The van der Waals surface area contributed by atoms with Crippen molar-refractivity contribution < 1.29 is 4.74 Å². The van der Waals surface area contributed by atoms with Gasteiger partial charge in [-0.3, -0.25) is 0 Å². The molecule has 2 nitrogen and oxygen atoms in total. The van der Waals surface area contributed by atoms with Crippen LogP contribution in [0.4, 0.5) is 0 Å². The molecule has 1 saturated heterocycles. The van der Waals surface area contributed by atoms with Crippen molar-refractivity contribution >= 4 is 0 Å². The summed E-state index contributed by atoms with van der Waals surface area (Å²) in [4.78, 5) is 2.40. The Morgan fingerprint density at radius 3 is 2.62 bits per heavy atom. The largest absolute Gasteiger partial charge is 0.490 e.